The largest absolute Gasteiger partial charge is 0.241 e. The maximum absolute atomic E-state index is 5.96. The predicted octanol–water partition coefficient (Wildman–Crippen LogP) is 4.29. The van der Waals surface area contributed by atoms with Crippen molar-refractivity contribution in [2.45, 2.75) is 46.5 Å². The first kappa shape index (κ1) is 11.5. The van der Waals surface area contributed by atoms with E-state index in [-0.39, 0.29) is 0 Å². The van der Waals surface area contributed by atoms with Crippen LogP contribution < -0.4 is 0 Å². The van der Waals surface area contributed by atoms with E-state index in [2.05, 4.69) is 39.6 Å². The lowest BCUT2D eigenvalue weighted by Gasteiger charge is -2.17. The summed E-state index contributed by atoms with van der Waals surface area (Å²) in [6.07, 6.45) is 0. The van der Waals surface area contributed by atoms with Gasteiger partial charge >= 0.3 is 0 Å². The fraction of sp³-hybridized carbons (Fsp3) is 0.583. The van der Waals surface area contributed by atoms with Gasteiger partial charge in [0.2, 0.25) is 0 Å². The molecule has 0 unspecified atom stereocenters. The lowest BCUT2D eigenvalue weighted by Crippen LogP contribution is -2.04. The molecule has 1 aromatic heterocycles. The monoisotopic (exact) mass is 211 g/mol. The summed E-state index contributed by atoms with van der Waals surface area (Å²) in [5, 5.41) is 0.607. The molecule has 1 aromatic rings. The molecule has 0 bridgehead atoms. The van der Waals surface area contributed by atoms with Crippen LogP contribution in [0.3, 0.4) is 0 Å². The lowest BCUT2D eigenvalue weighted by molar-refractivity contribution is 0.751. The van der Waals surface area contributed by atoms with Gasteiger partial charge in [-0.05, 0) is 36.0 Å². The summed E-state index contributed by atoms with van der Waals surface area (Å²) in [5.74, 6) is 0.946. The van der Waals surface area contributed by atoms with Gasteiger partial charge in [-0.2, -0.15) is 0 Å². The number of hydrogen-bond donors (Lipinski definition) is 0. The van der Waals surface area contributed by atoms with E-state index in [0.717, 1.165) is 5.69 Å². The highest BCUT2D eigenvalue weighted by molar-refractivity contribution is 6.29. The van der Waals surface area contributed by atoms with Gasteiger partial charge in [-0.1, -0.05) is 39.3 Å². The van der Waals surface area contributed by atoms with Crippen molar-refractivity contribution in [1.29, 1.82) is 0 Å². The Morgan fingerprint density at radius 1 is 1.14 bits per heavy atom. The molecular formula is C12H18ClN. The molecule has 2 heteroatoms. The third kappa shape index (κ3) is 2.27. The van der Waals surface area contributed by atoms with Crippen LogP contribution in [0.4, 0.5) is 0 Å². The van der Waals surface area contributed by atoms with E-state index in [9.17, 15) is 0 Å². The zero-order valence-electron chi connectivity index (χ0n) is 9.56. The number of hydrogen-bond acceptors (Lipinski definition) is 1. The molecule has 0 fully saturated rings. The minimum atomic E-state index is 0.435. The van der Waals surface area contributed by atoms with Crippen molar-refractivity contribution in [2.75, 3.05) is 0 Å². The molecule has 0 N–H and O–H groups in total. The molecule has 0 saturated heterocycles. The van der Waals surface area contributed by atoms with E-state index in [1.54, 1.807) is 0 Å². The Labute approximate surface area is 91.5 Å². The maximum atomic E-state index is 5.96. The van der Waals surface area contributed by atoms with E-state index >= 15 is 0 Å². The Morgan fingerprint density at radius 3 is 2.14 bits per heavy atom. The Hall–Kier alpha value is -0.560. The number of aryl methyl sites for hydroxylation is 1. The molecule has 78 valence electrons. The lowest BCUT2D eigenvalue weighted by atomic mass is 9.92. The van der Waals surface area contributed by atoms with Crippen LogP contribution in [0.15, 0.2) is 6.07 Å². The van der Waals surface area contributed by atoms with Crippen LogP contribution >= 0.6 is 11.6 Å². The molecule has 0 aliphatic rings. The Morgan fingerprint density at radius 2 is 1.71 bits per heavy atom. The van der Waals surface area contributed by atoms with Crippen LogP contribution in [-0.2, 0) is 0 Å². The van der Waals surface area contributed by atoms with E-state index < -0.39 is 0 Å². The number of nitrogens with zero attached hydrogens (tertiary/aromatic N) is 1. The number of halogens is 1. The summed E-state index contributed by atoms with van der Waals surface area (Å²) in [6, 6.07) is 1.95. The summed E-state index contributed by atoms with van der Waals surface area (Å²) < 4.78 is 0. The van der Waals surface area contributed by atoms with Crippen LogP contribution in [0, 0.1) is 6.92 Å². The zero-order chi connectivity index (χ0) is 10.9. The molecular weight excluding hydrogens is 194 g/mol. The smallest absolute Gasteiger partial charge is 0.129 e. The number of pyridine rings is 1. The van der Waals surface area contributed by atoms with Crippen molar-refractivity contribution >= 4 is 11.6 Å². The minimum Gasteiger partial charge on any atom is -0.241 e. The molecule has 1 rings (SSSR count). The predicted molar refractivity (Wildman–Crippen MR) is 62.2 cm³/mol. The van der Waals surface area contributed by atoms with Crippen LogP contribution in [0.1, 0.15) is 56.4 Å². The van der Waals surface area contributed by atoms with Crippen molar-refractivity contribution in [3.8, 4) is 0 Å². The molecule has 14 heavy (non-hydrogen) atoms. The Kier molecular flexibility index (Phi) is 3.54. The SMILES string of the molecule is Cc1cc(Cl)nc(C(C)C)c1C(C)C. The highest BCUT2D eigenvalue weighted by Crippen LogP contribution is 2.29. The van der Waals surface area contributed by atoms with Gasteiger partial charge in [0.15, 0.2) is 0 Å². The molecule has 0 aliphatic heterocycles. The summed E-state index contributed by atoms with van der Waals surface area (Å²) in [7, 11) is 0. The van der Waals surface area contributed by atoms with E-state index in [1.807, 2.05) is 6.07 Å². The first-order valence-electron chi connectivity index (χ1n) is 5.10. The summed E-state index contributed by atoms with van der Waals surface area (Å²) in [4.78, 5) is 4.42. The molecule has 0 aliphatic carbocycles. The molecule has 1 heterocycles. The van der Waals surface area contributed by atoms with Crippen molar-refractivity contribution in [1.82, 2.24) is 4.98 Å². The van der Waals surface area contributed by atoms with E-state index in [0.29, 0.717) is 17.0 Å². The molecule has 0 radical (unpaired) electrons. The maximum Gasteiger partial charge on any atom is 0.129 e. The van der Waals surface area contributed by atoms with Crippen molar-refractivity contribution < 1.29 is 0 Å². The Bertz CT molecular complexity index is 329. The Balaban J connectivity index is 3.37. The van der Waals surface area contributed by atoms with Crippen molar-refractivity contribution in [2.24, 2.45) is 0 Å². The van der Waals surface area contributed by atoms with Gasteiger partial charge in [-0.15, -0.1) is 0 Å². The third-order valence-electron chi connectivity index (χ3n) is 2.39. The van der Waals surface area contributed by atoms with Gasteiger partial charge in [0.05, 0.1) is 0 Å². The summed E-state index contributed by atoms with van der Waals surface area (Å²) >= 11 is 5.96. The van der Waals surface area contributed by atoms with Gasteiger partial charge < -0.3 is 0 Å². The molecule has 1 nitrogen and oxygen atoms in total. The molecule has 0 atom stereocenters. The van der Waals surface area contributed by atoms with Gasteiger partial charge in [-0.25, -0.2) is 4.98 Å². The van der Waals surface area contributed by atoms with Gasteiger partial charge in [0.25, 0.3) is 0 Å². The van der Waals surface area contributed by atoms with E-state index in [4.69, 9.17) is 11.6 Å². The standard InChI is InChI=1S/C12H18ClN/c1-7(2)11-9(5)6-10(13)14-12(11)8(3)4/h6-8H,1-5H3. The van der Waals surface area contributed by atoms with Gasteiger partial charge in [-0.3, -0.25) is 0 Å². The average molecular weight is 212 g/mol. The minimum absolute atomic E-state index is 0.435. The van der Waals surface area contributed by atoms with Crippen LogP contribution in [0.2, 0.25) is 5.15 Å². The van der Waals surface area contributed by atoms with Gasteiger partial charge in [0, 0.05) is 5.69 Å². The number of rotatable bonds is 2. The topological polar surface area (TPSA) is 12.9 Å². The van der Waals surface area contributed by atoms with Crippen LogP contribution in [0.25, 0.3) is 0 Å². The first-order valence-corrected chi connectivity index (χ1v) is 5.48. The molecule has 0 saturated carbocycles. The third-order valence-corrected chi connectivity index (χ3v) is 2.58. The molecule has 0 aromatic carbocycles. The van der Waals surface area contributed by atoms with Crippen LogP contribution in [0.5, 0.6) is 0 Å². The summed E-state index contributed by atoms with van der Waals surface area (Å²) in [5.41, 5.74) is 3.75. The summed E-state index contributed by atoms with van der Waals surface area (Å²) in [6.45, 7) is 10.8. The van der Waals surface area contributed by atoms with Crippen molar-refractivity contribution in [3.05, 3.63) is 28.0 Å². The fourth-order valence-corrected chi connectivity index (χ4v) is 2.11. The highest BCUT2D eigenvalue weighted by atomic mass is 35.5. The fourth-order valence-electron chi connectivity index (χ4n) is 1.86. The first-order chi connectivity index (χ1) is 6.43. The zero-order valence-corrected chi connectivity index (χ0v) is 10.3. The van der Waals surface area contributed by atoms with Crippen molar-refractivity contribution in [3.63, 3.8) is 0 Å². The number of aromatic nitrogens is 1. The average Bonchev–Trinajstić information content (AvgIpc) is 2.01. The van der Waals surface area contributed by atoms with Gasteiger partial charge in [0.1, 0.15) is 5.15 Å². The normalized spacial score (nSPS) is 11.4. The second-order valence-electron chi connectivity index (χ2n) is 4.37. The highest BCUT2D eigenvalue weighted by Gasteiger charge is 2.14. The van der Waals surface area contributed by atoms with Crippen LogP contribution in [-0.4, -0.2) is 4.98 Å². The molecule has 0 spiro atoms. The second kappa shape index (κ2) is 4.31. The second-order valence-corrected chi connectivity index (χ2v) is 4.76. The molecule has 0 amide bonds. The quantitative estimate of drug-likeness (QED) is 0.665. The van der Waals surface area contributed by atoms with E-state index in [1.165, 1.54) is 11.1 Å².